The normalized spacial score (nSPS) is 14.7. The molecule has 0 bridgehead atoms. The van der Waals surface area contributed by atoms with Gasteiger partial charge in [0, 0.05) is 30.6 Å². The van der Waals surface area contributed by atoms with E-state index in [9.17, 15) is 10.1 Å². The summed E-state index contributed by atoms with van der Waals surface area (Å²) in [5.74, 6) is 1.68. The van der Waals surface area contributed by atoms with Gasteiger partial charge in [-0.25, -0.2) is 0 Å². The van der Waals surface area contributed by atoms with Crippen LogP contribution in [-0.2, 0) is 6.54 Å². The standard InChI is InChI=1S/C22H26N4O3S/c27-26(28)18-8-9-20-21(15-18)30-24-22(20)23-10-5-13-29-19-7-4-6-17(14-19)16-25-11-2-1-3-12-25/h4,6-9,14-15H,1-3,5,10-13,16H2,(H,23,24). The van der Waals surface area contributed by atoms with Crippen LogP contribution in [0, 0.1) is 10.1 Å². The highest BCUT2D eigenvalue weighted by atomic mass is 32.1. The fourth-order valence-corrected chi connectivity index (χ4v) is 4.53. The molecule has 1 aromatic heterocycles. The van der Waals surface area contributed by atoms with Crippen molar-refractivity contribution in [2.75, 3.05) is 31.6 Å². The number of aromatic nitrogens is 1. The summed E-state index contributed by atoms with van der Waals surface area (Å²) >= 11 is 1.27. The zero-order chi connectivity index (χ0) is 20.8. The van der Waals surface area contributed by atoms with E-state index in [1.54, 1.807) is 12.1 Å². The Morgan fingerprint density at radius 3 is 2.87 bits per heavy atom. The fourth-order valence-electron chi connectivity index (χ4n) is 3.75. The Labute approximate surface area is 180 Å². The number of ether oxygens (including phenoxy) is 1. The lowest BCUT2D eigenvalue weighted by Gasteiger charge is -2.26. The van der Waals surface area contributed by atoms with Crippen LogP contribution in [0.3, 0.4) is 0 Å². The first-order valence-electron chi connectivity index (χ1n) is 10.4. The second-order valence-corrected chi connectivity index (χ2v) is 8.39. The van der Waals surface area contributed by atoms with E-state index < -0.39 is 0 Å². The molecule has 0 amide bonds. The van der Waals surface area contributed by atoms with E-state index in [1.165, 1.54) is 55.5 Å². The Balaban J connectivity index is 1.23. The number of nitro groups is 1. The van der Waals surface area contributed by atoms with E-state index >= 15 is 0 Å². The Bertz CT molecular complexity index is 1000. The molecule has 0 radical (unpaired) electrons. The summed E-state index contributed by atoms with van der Waals surface area (Å²) in [6, 6.07) is 13.2. The molecule has 1 saturated heterocycles. The number of nitrogens with one attached hydrogen (secondary N) is 1. The number of benzene rings is 2. The molecule has 0 atom stereocenters. The van der Waals surface area contributed by atoms with Crippen LogP contribution < -0.4 is 10.1 Å². The zero-order valence-electron chi connectivity index (χ0n) is 16.9. The molecule has 0 unspecified atom stereocenters. The number of piperidine rings is 1. The van der Waals surface area contributed by atoms with Gasteiger partial charge in [-0.15, -0.1) is 0 Å². The molecular formula is C22H26N4O3S. The third-order valence-electron chi connectivity index (χ3n) is 5.30. The number of anilines is 1. The summed E-state index contributed by atoms with van der Waals surface area (Å²) in [6.07, 6.45) is 4.79. The second-order valence-electron chi connectivity index (χ2n) is 7.58. The lowest BCUT2D eigenvalue weighted by Crippen LogP contribution is -2.29. The van der Waals surface area contributed by atoms with Crippen molar-refractivity contribution < 1.29 is 9.66 Å². The molecule has 1 fully saturated rings. The molecule has 1 N–H and O–H groups in total. The molecule has 1 aliphatic heterocycles. The molecule has 0 spiro atoms. The van der Waals surface area contributed by atoms with Gasteiger partial charge >= 0.3 is 0 Å². The van der Waals surface area contributed by atoms with Gasteiger partial charge in [-0.2, -0.15) is 4.37 Å². The summed E-state index contributed by atoms with van der Waals surface area (Å²) < 4.78 is 11.1. The van der Waals surface area contributed by atoms with Gasteiger partial charge in [0.1, 0.15) is 11.6 Å². The third-order valence-corrected chi connectivity index (χ3v) is 6.11. The number of fused-ring (bicyclic) bond motifs is 1. The van der Waals surface area contributed by atoms with E-state index in [2.05, 4.69) is 32.8 Å². The van der Waals surface area contributed by atoms with Gasteiger partial charge in [0.25, 0.3) is 5.69 Å². The van der Waals surface area contributed by atoms with Crippen molar-refractivity contribution in [3.8, 4) is 5.75 Å². The Hall–Kier alpha value is -2.71. The van der Waals surface area contributed by atoms with Crippen molar-refractivity contribution in [1.82, 2.24) is 9.27 Å². The average Bonchev–Trinajstić information content (AvgIpc) is 3.17. The lowest BCUT2D eigenvalue weighted by molar-refractivity contribution is -0.384. The van der Waals surface area contributed by atoms with Gasteiger partial charge < -0.3 is 10.1 Å². The van der Waals surface area contributed by atoms with Crippen molar-refractivity contribution in [1.29, 1.82) is 0 Å². The van der Waals surface area contributed by atoms with Gasteiger partial charge in [0.15, 0.2) is 0 Å². The van der Waals surface area contributed by atoms with Gasteiger partial charge in [-0.05, 0) is 67.6 Å². The molecule has 2 aromatic carbocycles. The molecule has 7 nitrogen and oxygen atoms in total. The highest BCUT2D eigenvalue weighted by Gasteiger charge is 2.12. The van der Waals surface area contributed by atoms with Crippen molar-refractivity contribution in [3.05, 3.63) is 58.1 Å². The van der Waals surface area contributed by atoms with Crippen LogP contribution in [0.25, 0.3) is 10.1 Å². The minimum absolute atomic E-state index is 0.0913. The number of rotatable bonds is 9. The van der Waals surface area contributed by atoms with Crippen LogP contribution in [0.4, 0.5) is 11.5 Å². The molecule has 4 rings (SSSR count). The average molecular weight is 427 g/mol. The molecule has 3 aromatic rings. The van der Waals surface area contributed by atoms with Crippen molar-refractivity contribution >= 4 is 33.1 Å². The third kappa shape index (κ3) is 5.25. The van der Waals surface area contributed by atoms with Crippen LogP contribution in [0.2, 0.25) is 0 Å². The summed E-state index contributed by atoms with van der Waals surface area (Å²) in [6.45, 7) is 4.72. The Kier molecular flexibility index (Phi) is 6.76. The number of nitro benzene ring substituents is 1. The highest BCUT2D eigenvalue weighted by molar-refractivity contribution is 7.13. The van der Waals surface area contributed by atoms with Gasteiger partial charge in [-0.3, -0.25) is 15.0 Å². The largest absolute Gasteiger partial charge is 0.494 e. The van der Waals surface area contributed by atoms with Gasteiger partial charge in [-0.1, -0.05) is 18.6 Å². The summed E-state index contributed by atoms with van der Waals surface area (Å²) in [5.41, 5.74) is 1.39. The maximum absolute atomic E-state index is 10.9. The van der Waals surface area contributed by atoms with E-state index in [4.69, 9.17) is 4.74 Å². The Morgan fingerprint density at radius 2 is 2.03 bits per heavy atom. The maximum atomic E-state index is 10.9. The molecule has 8 heteroatoms. The quantitative estimate of drug-likeness (QED) is 0.292. The van der Waals surface area contributed by atoms with E-state index in [1.807, 2.05) is 6.07 Å². The molecule has 158 valence electrons. The summed E-state index contributed by atoms with van der Waals surface area (Å²) in [7, 11) is 0. The molecule has 30 heavy (non-hydrogen) atoms. The Morgan fingerprint density at radius 1 is 1.17 bits per heavy atom. The van der Waals surface area contributed by atoms with E-state index in [0.717, 1.165) is 41.2 Å². The molecule has 0 aliphatic carbocycles. The van der Waals surface area contributed by atoms with Crippen molar-refractivity contribution in [3.63, 3.8) is 0 Å². The predicted molar refractivity (Wildman–Crippen MR) is 120 cm³/mol. The first-order chi connectivity index (χ1) is 14.7. The second kappa shape index (κ2) is 9.86. The van der Waals surface area contributed by atoms with Crippen LogP contribution >= 0.6 is 11.5 Å². The van der Waals surface area contributed by atoms with E-state index in [-0.39, 0.29) is 10.6 Å². The smallest absolute Gasteiger partial charge is 0.270 e. The maximum Gasteiger partial charge on any atom is 0.270 e. The number of hydrogen-bond donors (Lipinski definition) is 1. The van der Waals surface area contributed by atoms with Gasteiger partial charge in [0.05, 0.1) is 16.2 Å². The number of nitrogens with zero attached hydrogens (tertiary/aromatic N) is 3. The number of likely N-dealkylation sites (tertiary alicyclic amines) is 1. The van der Waals surface area contributed by atoms with Crippen LogP contribution in [-0.4, -0.2) is 40.4 Å². The van der Waals surface area contributed by atoms with Gasteiger partial charge in [0.2, 0.25) is 0 Å². The molecule has 1 aliphatic rings. The number of hydrogen-bond acceptors (Lipinski definition) is 7. The SMILES string of the molecule is O=[N+]([O-])c1ccc2c(NCCCOc3cccc(CN4CCCCC4)c3)nsc2c1. The first kappa shape index (κ1) is 20.6. The van der Waals surface area contributed by atoms with Crippen LogP contribution in [0.1, 0.15) is 31.2 Å². The summed E-state index contributed by atoms with van der Waals surface area (Å²) in [4.78, 5) is 13.0. The number of non-ortho nitro benzene ring substituents is 1. The zero-order valence-corrected chi connectivity index (χ0v) is 17.7. The highest BCUT2D eigenvalue weighted by Crippen LogP contribution is 2.30. The minimum Gasteiger partial charge on any atom is -0.494 e. The van der Waals surface area contributed by atoms with Crippen molar-refractivity contribution in [2.45, 2.75) is 32.2 Å². The van der Waals surface area contributed by atoms with Crippen LogP contribution in [0.15, 0.2) is 42.5 Å². The first-order valence-corrected chi connectivity index (χ1v) is 11.2. The predicted octanol–water partition coefficient (Wildman–Crippen LogP) is 5.07. The summed E-state index contributed by atoms with van der Waals surface area (Å²) in [5, 5.41) is 15.1. The molecule has 2 heterocycles. The van der Waals surface area contributed by atoms with E-state index in [0.29, 0.717) is 6.61 Å². The minimum atomic E-state index is -0.384. The van der Waals surface area contributed by atoms with Crippen LogP contribution in [0.5, 0.6) is 5.75 Å². The fraction of sp³-hybridized carbons (Fsp3) is 0.409. The molecule has 0 saturated carbocycles. The topological polar surface area (TPSA) is 80.5 Å². The molecular weight excluding hydrogens is 400 g/mol. The lowest BCUT2D eigenvalue weighted by atomic mass is 10.1. The monoisotopic (exact) mass is 426 g/mol. The van der Waals surface area contributed by atoms with Crippen molar-refractivity contribution in [2.24, 2.45) is 0 Å².